The van der Waals surface area contributed by atoms with Gasteiger partial charge in [0.15, 0.2) is 0 Å². The molecule has 0 aromatic heterocycles. The zero-order chi connectivity index (χ0) is 13.7. The monoisotopic (exact) mass is 247 g/mol. The van der Waals surface area contributed by atoms with Crippen LogP contribution in [0.3, 0.4) is 0 Å². The molecule has 5 nitrogen and oxygen atoms in total. The van der Waals surface area contributed by atoms with Gasteiger partial charge in [-0.05, 0) is 19.1 Å². The Balaban J connectivity index is 2.94. The minimum Gasteiger partial charge on any atom is -0.495 e. The number of hydrogen-bond donors (Lipinski definition) is 1. The number of nitrogens with two attached hydrogens (primary N) is 1. The van der Waals surface area contributed by atoms with Gasteiger partial charge in [0, 0.05) is 13.6 Å². The van der Waals surface area contributed by atoms with Crippen LogP contribution < -0.4 is 10.5 Å². The summed E-state index contributed by atoms with van der Waals surface area (Å²) in [7, 11) is 3.15. The number of nitrogen functional groups attached to an aromatic ring is 1. The third kappa shape index (κ3) is 2.92. The van der Waals surface area contributed by atoms with E-state index in [1.165, 1.54) is 12.0 Å². The lowest BCUT2D eigenvalue weighted by Gasteiger charge is -2.19. The van der Waals surface area contributed by atoms with Gasteiger partial charge in [-0.15, -0.1) is 0 Å². The summed E-state index contributed by atoms with van der Waals surface area (Å²) in [6.45, 7) is 2.13. The Morgan fingerprint density at radius 2 is 2.28 bits per heavy atom. The minimum absolute atomic E-state index is 0.214. The number of rotatable bonds is 4. The van der Waals surface area contributed by atoms with Gasteiger partial charge < -0.3 is 15.4 Å². The van der Waals surface area contributed by atoms with Gasteiger partial charge in [0.2, 0.25) is 0 Å². The SMILES string of the molecule is COc1cccc(C(=O)N(C)CC(C)C#N)c1N. The molecule has 0 spiro atoms. The Labute approximate surface area is 107 Å². The molecule has 0 radical (unpaired) electrons. The highest BCUT2D eigenvalue weighted by molar-refractivity contribution is 6.00. The normalized spacial score (nSPS) is 11.4. The van der Waals surface area contributed by atoms with Crippen molar-refractivity contribution in [2.24, 2.45) is 5.92 Å². The van der Waals surface area contributed by atoms with E-state index in [1.54, 1.807) is 32.2 Å². The van der Waals surface area contributed by atoms with E-state index in [4.69, 9.17) is 15.7 Å². The van der Waals surface area contributed by atoms with Gasteiger partial charge in [0.05, 0.1) is 30.3 Å². The van der Waals surface area contributed by atoms with Crippen molar-refractivity contribution in [2.75, 3.05) is 26.4 Å². The molecule has 0 aliphatic heterocycles. The summed E-state index contributed by atoms with van der Waals surface area (Å²) in [4.78, 5) is 13.7. The third-order valence-corrected chi connectivity index (χ3v) is 2.63. The molecule has 5 heteroatoms. The number of carbonyl (C=O) groups is 1. The van der Waals surface area contributed by atoms with E-state index < -0.39 is 0 Å². The summed E-state index contributed by atoms with van der Waals surface area (Å²) in [5.41, 5.74) is 6.57. The van der Waals surface area contributed by atoms with Gasteiger partial charge >= 0.3 is 0 Å². The maximum Gasteiger partial charge on any atom is 0.255 e. The largest absolute Gasteiger partial charge is 0.495 e. The lowest BCUT2D eigenvalue weighted by molar-refractivity contribution is 0.0786. The Bertz CT molecular complexity index is 480. The highest BCUT2D eigenvalue weighted by atomic mass is 16.5. The Morgan fingerprint density at radius 1 is 1.61 bits per heavy atom. The van der Waals surface area contributed by atoms with Crippen LogP contribution in [-0.4, -0.2) is 31.5 Å². The van der Waals surface area contributed by atoms with Crippen molar-refractivity contribution in [1.29, 1.82) is 5.26 Å². The molecule has 1 aromatic carbocycles. The zero-order valence-electron chi connectivity index (χ0n) is 10.8. The predicted molar refractivity (Wildman–Crippen MR) is 69.1 cm³/mol. The second kappa shape index (κ2) is 5.92. The van der Waals surface area contributed by atoms with Crippen molar-refractivity contribution in [3.8, 4) is 11.8 Å². The van der Waals surface area contributed by atoms with Crippen LogP contribution >= 0.6 is 0 Å². The number of amides is 1. The van der Waals surface area contributed by atoms with Crippen LogP contribution in [0.1, 0.15) is 17.3 Å². The number of hydrogen-bond acceptors (Lipinski definition) is 4. The van der Waals surface area contributed by atoms with Gasteiger partial charge in [-0.2, -0.15) is 5.26 Å². The Morgan fingerprint density at radius 3 is 2.83 bits per heavy atom. The van der Waals surface area contributed by atoms with Gasteiger partial charge in [0.1, 0.15) is 5.75 Å². The Hall–Kier alpha value is -2.22. The number of ether oxygens (including phenoxy) is 1. The fourth-order valence-corrected chi connectivity index (χ4v) is 1.65. The fraction of sp³-hybridized carbons (Fsp3) is 0.385. The number of carbonyl (C=O) groups excluding carboxylic acids is 1. The van der Waals surface area contributed by atoms with E-state index in [2.05, 4.69) is 6.07 Å². The molecule has 0 aliphatic rings. The molecule has 0 heterocycles. The predicted octanol–water partition coefficient (Wildman–Crippen LogP) is 1.51. The van der Waals surface area contributed by atoms with Crippen molar-refractivity contribution < 1.29 is 9.53 Å². The van der Waals surface area contributed by atoms with Crippen molar-refractivity contribution in [2.45, 2.75) is 6.92 Å². The molecule has 1 aromatic rings. The van der Waals surface area contributed by atoms with Crippen LogP contribution in [0, 0.1) is 17.2 Å². The van der Waals surface area contributed by atoms with Crippen LogP contribution in [-0.2, 0) is 0 Å². The molecule has 0 saturated heterocycles. The van der Waals surface area contributed by atoms with Crippen LogP contribution in [0.2, 0.25) is 0 Å². The fourth-order valence-electron chi connectivity index (χ4n) is 1.65. The number of para-hydroxylation sites is 1. The second-order valence-electron chi connectivity index (χ2n) is 4.14. The van der Waals surface area contributed by atoms with Gasteiger partial charge in [-0.1, -0.05) is 6.07 Å². The van der Waals surface area contributed by atoms with E-state index in [0.717, 1.165) is 0 Å². The molecule has 96 valence electrons. The van der Waals surface area contributed by atoms with Crippen LogP contribution in [0.4, 0.5) is 5.69 Å². The zero-order valence-corrected chi connectivity index (χ0v) is 10.8. The molecular weight excluding hydrogens is 230 g/mol. The first kappa shape index (κ1) is 13.8. The highest BCUT2D eigenvalue weighted by Gasteiger charge is 2.18. The first-order valence-corrected chi connectivity index (χ1v) is 5.58. The first-order chi connectivity index (χ1) is 8.51. The van der Waals surface area contributed by atoms with Crippen LogP contribution in [0.25, 0.3) is 0 Å². The van der Waals surface area contributed by atoms with Crippen molar-refractivity contribution in [1.82, 2.24) is 4.90 Å². The maximum absolute atomic E-state index is 12.2. The summed E-state index contributed by atoms with van der Waals surface area (Å²) in [6, 6.07) is 7.15. The van der Waals surface area contributed by atoms with E-state index in [-0.39, 0.29) is 11.8 Å². The summed E-state index contributed by atoms with van der Waals surface area (Å²) < 4.78 is 5.07. The molecule has 0 bridgehead atoms. The lowest BCUT2D eigenvalue weighted by Crippen LogP contribution is -2.31. The molecule has 1 atom stereocenters. The molecule has 0 fully saturated rings. The first-order valence-electron chi connectivity index (χ1n) is 5.58. The van der Waals surface area contributed by atoms with E-state index in [9.17, 15) is 4.79 Å². The topological polar surface area (TPSA) is 79.3 Å². The highest BCUT2D eigenvalue weighted by Crippen LogP contribution is 2.25. The molecule has 1 unspecified atom stereocenters. The maximum atomic E-state index is 12.2. The number of anilines is 1. The smallest absolute Gasteiger partial charge is 0.255 e. The molecule has 1 amide bonds. The number of nitrogens with zero attached hydrogens (tertiary/aromatic N) is 2. The van der Waals surface area contributed by atoms with Gasteiger partial charge in [-0.3, -0.25) is 4.79 Å². The van der Waals surface area contributed by atoms with Gasteiger partial charge in [0.25, 0.3) is 5.91 Å². The second-order valence-corrected chi connectivity index (χ2v) is 4.14. The van der Waals surface area contributed by atoms with Crippen molar-refractivity contribution in [3.05, 3.63) is 23.8 Å². The summed E-state index contributed by atoms with van der Waals surface area (Å²) in [6.07, 6.45) is 0. The molecule has 2 N–H and O–H groups in total. The molecule has 0 aliphatic carbocycles. The van der Waals surface area contributed by atoms with E-state index >= 15 is 0 Å². The molecule has 0 saturated carbocycles. The van der Waals surface area contributed by atoms with E-state index in [0.29, 0.717) is 23.5 Å². The van der Waals surface area contributed by atoms with E-state index in [1.807, 2.05) is 0 Å². The van der Waals surface area contributed by atoms with Crippen LogP contribution in [0.15, 0.2) is 18.2 Å². The standard InChI is InChI=1S/C13H17N3O2/c1-9(7-14)8-16(2)13(17)10-5-4-6-11(18-3)12(10)15/h4-6,9H,8,15H2,1-3H3. The number of methoxy groups -OCH3 is 1. The average Bonchev–Trinajstić information content (AvgIpc) is 2.38. The molecule has 1 rings (SSSR count). The third-order valence-electron chi connectivity index (χ3n) is 2.63. The summed E-state index contributed by atoms with van der Waals surface area (Å²) >= 11 is 0. The quantitative estimate of drug-likeness (QED) is 0.818. The van der Waals surface area contributed by atoms with Crippen molar-refractivity contribution in [3.63, 3.8) is 0 Å². The Kier molecular flexibility index (Phi) is 4.55. The van der Waals surface area contributed by atoms with Crippen molar-refractivity contribution >= 4 is 11.6 Å². The van der Waals surface area contributed by atoms with Gasteiger partial charge in [-0.25, -0.2) is 0 Å². The summed E-state index contributed by atoms with van der Waals surface area (Å²) in [5, 5.41) is 8.74. The lowest BCUT2D eigenvalue weighted by atomic mass is 10.1. The average molecular weight is 247 g/mol. The number of nitriles is 1. The molecular formula is C13H17N3O2. The summed E-state index contributed by atoms with van der Waals surface area (Å²) in [5.74, 6) is 0.0434. The number of benzene rings is 1. The molecule has 18 heavy (non-hydrogen) atoms. The minimum atomic E-state index is -0.217. The van der Waals surface area contributed by atoms with Crippen LogP contribution in [0.5, 0.6) is 5.75 Å².